The van der Waals surface area contributed by atoms with Crippen molar-refractivity contribution in [2.75, 3.05) is 0 Å². The summed E-state index contributed by atoms with van der Waals surface area (Å²) in [5, 5.41) is 5.14. The van der Waals surface area contributed by atoms with Crippen LogP contribution in [0.4, 0.5) is 0 Å². The summed E-state index contributed by atoms with van der Waals surface area (Å²) in [5.41, 5.74) is 0. The van der Waals surface area contributed by atoms with E-state index in [-0.39, 0.29) is 0 Å². The zero-order chi connectivity index (χ0) is 11.8. The SMILES string of the molecule is Cc1cnc([C@@H](N[C@@H](C)CC2CC2)C2CC2)s1. The fourth-order valence-electron chi connectivity index (χ4n) is 2.58. The number of aryl methyl sites for hydroxylation is 1. The van der Waals surface area contributed by atoms with Gasteiger partial charge in [0.1, 0.15) is 5.01 Å². The molecule has 1 aromatic rings. The molecule has 0 bridgehead atoms. The molecule has 2 saturated carbocycles. The van der Waals surface area contributed by atoms with Gasteiger partial charge in [0.2, 0.25) is 0 Å². The molecule has 94 valence electrons. The van der Waals surface area contributed by atoms with Gasteiger partial charge in [-0.15, -0.1) is 11.3 Å². The zero-order valence-electron chi connectivity index (χ0n) is 10.8. The minimum absolute atomic E-state index is 0.530. The summed E-state index contributed by atoms with van der Waals surface area (Å²) < 4.78 is 0. The molecule has 0 unspecified atom stereocenters. The monoisotopic (exact) mass is 250 g/mol. The Kier molecular flexibility index (Phi) is 3.22. The average molecular weight is 250 g/mol. The fourth-order valence-corrected chi connectivity index (χ4v) is 3.51. The number of aromatic nitrogens is 1. The van der Waals surface area contributed by atoms with Crippen LogP contribution in [-0.2, 0) is 0 Å². The highest BCUT2D eigenvalue weighted by molar-refractivity contribution is 7.11. The van der Waals surface area contributed by atoms with Gasteiger partial charge in [0.15, 0.2) is 0 Å². The summed E-state index contributed by atoms with van der Waals surface area (Å²) in [6, 6.07) is 1.18. The topological polar surface area (TPSA) is 24.9 Å². The maximum atomic E-state index is 4.58. The van der Waals surface area contributed by atoms with Crippen molar-refractivity contribution in [1.29, 1.82) is 0 Å². The van der Waals surface area contributed by atoms with Crippen LogP contribution in [-0.4, -0.2) is 11.0 Å². The Balaban J connectivity index is 1.62. The van der Waals surface area contributed by atoms with Crippen molar-refractivity contribution in [2.45, 2.75) is 58.0 Å². The summed E-state index contributed by atoms with van der Waals surface area (Å²) >= 11 is 1.87. The van der Waals surface area contributed by atoms with Gasteiger partial charge in [0.25, 0.3) is 0 Å². The second kappa shape index (κ2) is 4.69. The molecule has 2 fully saturated rings. The molecule has 17 heavy (non-hydrogen) atoms. The molecule has 0 spiro atoms. The number of thiazole rings is 1. The Morgan fingerprint density at radius 2 is 2.18 bits per heavy atom. The molecule has 0 amide bonds. The second-order valence-corrected chi connectivity index (χ2v) is 7.14. The van der Waals surface area contributed by atoms with Gasteiger partial charge in [-0.25, -0.2) is 4.98 Å². The van der Waals surface area contributed by atoms with Crippen LogP contribution in [0.5, 0.6) is 0 Å². The van der Waals surface area contributed by atoms with E-state index in [1.807, 2.05) is 17.5 Å². The molecule has 2 aliphatic rings. The molecule has 0 radical (unpaired) electrons. The molecule has 1 heterocycles. The molecule has 0 aliphatic heterocycles. The number of hydrogen-bond donors (Lipinski definition) is 1. The maximum Gasteiger partial charge on any atom is 0.110 e. The van der Waals surface area contributed by atoms with Crippen molar-refractivity contribution < 1.29 is 0 Å². The average Bonchev–Trinajstić information content (AvgIpc) is 3.17. The number of hydrogen-bond acceptors (Lipinski definition) is 3. The molecular weight excluding hydrogens is 228 g/mol. The molecule has 3 rings (SSSR count). The summed E-state index contributed by atoms with van der Waals surface area (Å²) in [6.45, 7) is 4.49. The van der Waals surface area contributed by atoms with Gasteiger partial charge in [0, 0.05) is 17.1 Å². The first-order chi connectivity index (χ1) is 8.22. The second-order valence-electron chi connectivity index (χ2n) is 5.87. The molecule has 2 atom stereocenters. The lowest BCUT2D eigenvalue weighted by atomic mass is 10.1. The Morgan fingerprint density at radius 3 is 2.71 bits per heavy atom. The largest absolute Gasteiger partial charge is 0.305 e. The van der Waals surface area contributed by atoms with Gasteiger partial charge in [-0.2, -0.15) is 0 Å². The molecule has 0 aromatic carbocycles. The van der Waals surface area contributed by atoms with E-state index >= 15 is 0 Å². The third-order valence-corrected chi connectivity index (χ3v) is 4.84. The van der Waals surface area contributed by atoms with Crippen molar-refractivity contribution >= 4 is 11.3 Å². The van der Waals surface area contributed by atoms with Crippen LogP contribution >= 0.6 is 11.3 Å². The van der Waals surface area contributed by atoms with Crippen molar-refractivity contribution in [3.63, 3.8) is 0 Å². The van der Waals surface area contributed by atoms with Crippen molar-refractivity contribution in [2.24, 2.45) is 11.8 Å². The predicted octanol–water partition coefficient (Wildman–Crippen LogP) is 3.68. The fraction of sp³-hybridized carbons (Fsp3) is 0.786. The van der Waals surface area contributed by atoms with Crippen LogP contribution in [0, 0.1) is 18.8 Å². The Hall–Kier alpha value is -0.410. The molecule has 2 nitrogen and oxygen atoms in total. The lowest BCUT2D eigenvalue weighted by Gasteiger charge is -2.21. The zero-order valence-corrected chi connectivity index (χ0v) is 11.6. The van der Waals surface area contributed by atoms with Crippen LogP contribution < -0.4 is 5.32 Å². The summed E-state index contributed by atoms with van der Waals surface area (Å²) in [4.78, 5) is 5.92. The smallest absolute Gasteiger partial charge is 0.110 e. The quantitative estimate of drug-likeness (QED) is 0.833. The predicted molar refractivity (Wildman–Crippen MR) is 72.3 cm³/mol. The molecule has 1 N–H and O–H groups in total. The van der Waals surface area contributed by atoms with E-state index in [9.17, 15) is 0 Å². The van der Waals surface area contributed by atoms with Gasteiger partial charge in [0.05, 0.1) is 6.04 Å². The van der Waals surface area contributed by atoms with E-state index in [0.29, 0.717) is 12.1 Å². The Labute approximate surface area is 108 Å². The van der Waals surface area contributed by atoms with E-state index < -0.39 is 0 Å². The third-order valence-electron chi connectivity index (χ3n) is 3.85. The van der Waals surface area contributed by atoms with E-state index in [1.165, 1.54) is 42.0 Å². The summed E-state index contributed by atoms with van der Waals surface area (Å²) in [5.74, 6) is 1.86. The van der Waals surface area contributed by atoms with E-state index in [1.54, 1.807) is 0 Å². The lowest BCUT2D eigenvalue weighted by Crippen LogP contribution is -2.32. The molecule has 0 saturated heterocycles. The van der Waals surface area contributed by atoms with Crippen LogP contribution in [0.15, 0.2) is 6.20 Å². The van der Waals surface area contributed by atoms with Gasteiger partial charge in [-0.3, -0.25) is 0 Å². The Bertz CT molecular complexity index is 379. The maximum absolute atomic E-state index is 4.58. The first-order valence-corrected chi connectivity index (χ1v) is 7.72. The van der Waals surface area contributed by atoms with Crippen LogP contribution in [0.2, 0.25) is 0 Å². The molecule has 1 aromatic heterocycles. The highest BCUT2D eigenvalue weighted by atomic mass is 32.1. The van der Waals surface area contributed by atoms with Gasteiger partial charge >= 0.3 is 0 Å². The number of nitrogens with one attached hydrogen (secondary N) is 1. The van der Waals surface area contributed by atoms with E-state index in [0.717, 1.165) is 11.8 Å². The van der Waals surface area contributed by atoms with Gasteiger partial charge in [-0.05, 0) is 44.9 Å². The van der Waals surface area contributed by atoms with Crippen LogP contribution in [0.3, 0.4) is 0 Å². The molecular formula is C14H22N2S. The number of nitrogens with zero attached hydrogens (tertiary/aromatic N) is 1. The molecule has 3 heteroatoms. The minimum Gasteiger partial charge on any atom is -0.305 e. The summed E-state index contributed by atoms with van der Waals surface area (Å²) in [7, 11) is 0. The van der Waals surface area contributed by atoms with E-state index in [4.69, 9.17) is 0 Å². The lowest BCUT2D eigenvalue weighted by molar-refractivity contribution is 0.391. The Morgan fingerprint density at radius 1 is 1.41 bits per heavy atom. The first kappa shape index (κ1) is 11.7. The normalized spacial score (nSPS) is 23.6. The van der Waals surface area contributed by atoms with Crippen molar-refractivity contribution in [3.05, 3.63) is 16.1 Å². The van der Waals surface area contributed by atoms with Crippen molar-refractivity contribution in [1.82, 2.24) is 10.3 Å². The molecule has 2 aliphatic carbocycles. The van der Waals surface area contributed by atoms with Crippen LogP contribution in [0.25, 0.3) is 0 Å². The first-order valence-electron chi connectivity index (χ1n) is 6.90. The highest BCUT2D eigenvalue weighted by Crippen LogP contribution is 2.43. The minimum atomic E-state index is 0.530. The van der Waals surface area contributed by atoms with E-state index in [2.05, 4.69) is 24.1 Å². The van der Waals surface area contributed by atoms with Crippen LogP contribution in [0.1, 0.15) is 55.0 Å². The third kappa shape index (κ3) is 3.08. The van der Waals surface area contributed by atoms with Gasteiger partial charge in [-0.1, -0.05) is 12.8 Å². The van der Waals surface area contributed by atoms with Crippen molar-refractivity contribution in [3.8, 4) is 0 Å². The highest BCUT2D eigenvalue weighted by Gasteiger charge is 2.35. The van der Waals surface area contributed by atoms with Gasteiger partial charge < -0.3 is 5.32 Å². The standard InChI is InChI=1S/C14H22N2S/c1-9(7-11-3-4-11)16-13(12-5-6-12)14-15-8-10(2)17-14/h8-9,11-13,16H,3-7H2,1-2H3/t9-,13-/m0/s1. The summed E-state index contributed by atoms with van der Waals surface area (Å²) in [6.07, 6.45) is 9.04. The number of rotatable bonds is 6.